The number of halogens is 4. The number of aryl methyl sites for hydroxylation is 1. The number of alkyl halides is 3. The Bertz CT molecular complexity index is 560. The molecule has 0 aliphatic heterocycles. The minimum atomic E-state index is -4.84. The van der Waals surface area contributed by atoms with E-state index in [1.54, 1.807) is 6.07 Å². The van der Waals surface area contributed by atoms with Gasteiger partial charge in [0.25, 0.3) is 0 Å². The van der Waals surface area contributed by atoms with Gasteiger partial charge >= 0.3 is 12.5 Å². The Balaban J connectivity index is 0.00000529. The minimum Gasteiger partial charge on any atom is -0.465 e. The third kappa shape index (κ3) is 8.26. The first-order valence-electron chi connectivity index (χ1n) is 6.98. The van der Waals surface area contributed by atoms with E-state index in [0.717, 1.165) is 4.90 Å². The lowest BCUT2D eigenvalue weighted by Crippen LogP contribution is -2.32. The van der Waals surface area contributed by atoms with Crippen LogP contribution in [0.1, 0.15) is 31.4 Å². The number of nitrogens with two attached hydrogens (primary N) is 1. The Kier molecular flexibility index (Phi) is 7.85. The van der Waals surface area contributed by atoms with Crippen molar-refractivity contribution >= 4 is 18.5 Å². The summed E-state index contributed by atoms with van der Waals surface area (Å²) in [5.41, 5.74) is 6.22. The summed E-state index contributed by atoms with van der Waals surface area (Å²) in [5.74, 6) is -0.391. The Labute approximate surface area is 145 Å². The molecule has 1 amide bonds. The van der Waals surface area contributed by atoms with E-state index in [2.05, 4.69) is 4.74 Å². The van der Waals surface area contributed by atoms with Crippen LogP contribution in [0.25, 0.3) is 0 Å². The standard InChI is InChI=1S/C15H21F3N2O3.ClH/c1-14(2,19)7-6-10-4-5-11(9-20(3)13(21)22)12(8-10)23-15(16,17)18;/h4-5,8H,6-7,9,19H2,1-3H3,(H,21,22);1H. The monoisotopic (exact) mass is 370 g/mol. The Hall–Kier alpha value is -1.67. The summed E-state index contributed by atoms with van der Waals surface area (Å²) in [6, 6.07) is 4.38. The Morgan fingerprint density at radius 3 is 2.38 bits per heavy atom. The number of carbonyl (C=O) groups is 1. The summed E-state index contributed by atoms with van der Waals surface area (Å²) in [6.45, 7) is 3.45. The van der Waals surface area contributed by atoms with E-state index in [0.29, 0.717) is 18.4 Å². The van der Waals surface area contributed by atoms with Crippen LogP contribution in [0, 0.1) is 0 Å². The molecule has 0 atom stereocenters. The molecule has 1 aromatic rings. The number of carboxylic acid groups (broad SMARTS) is 1. The number of hydrogen-bond acceptors (Lipinski definition) is 3. The van der Waals surface area contributed by atoms with E-state index in [1.807, 2.05) is 13.8 Å². The normalized spacial score (nSPS) is 11.6. The van der Waals surface area contributed by atoms with Crippen molar-refractivity contribution in [3.05, 3.63) is 29.3 Å². The highest BCUT2D eigenvalue weighted by atomic mass is 35.5. The van der Waals surface area contributed by atoms with Gasteiger partial charge in [0.15, 0.2) is 0 Å². The molecule has 9 heteroatoms. The largest absolute Gasteiger partial charge is 0.573 e. The lowest BCUT2D eigenvalue weighted by atomic mass is 9.96. The number of benzene rings is 1. The number of ether oxygens (including phenoxy) is 1. The van der Waals surface area contributed by atoms with E-state index < -0.39 is 23.7 Å². The molecular weight excluding hydrogens is 349 g/mol. The van der Waals surface area contributed by atoms with Crippen LogP contribution in [0.2, 0.25) is 0 Å². The number of hydrogen-bond donors (Lipinski definition) is 2. The van der Waals surface area contributed by atoms with Gasteiger partial charge in [-0.1, -0.05) is 12.1 Å². The van der Waals surface area contributed by atoms with E-state index in [-0.39, 0.29) is 24.5 Å². The maximum absolute atomic E-state index is 12.6. The van der Waals surface area contributed by atoms with Gasteiger partial charge in [0, 0.05) is 18.2 Å². The first-order chi connectivity index (χ1) is 10.4. The molecular formula is C15H22ClF3N2O3. The predicted molar refractivity (Wildman–Crippen MR) is 86.5 cm³/mol. The molecule has 1 rings (SSSR count). The van der Waals surface area contributed by atoms with Crippen molar-refractivity contribution in [2.45, 2.75) is 45.1 Å². The van der Waals surface area contributed by atoms with Crippen LogP contribution in [0.5, 0.6) is 5.75 Å². The van der Waals surface area contributed by atoms with Crippen LogP contribution in [0.3, 0.4) is 0 Å². The molecule has 24 heavy (non-hydrogen) atoms. The van der Waals surface area contributed by atoms with Crippen LogP contribution in [-0.2, 0) is 13.0 Å². The van der Waals surface area contributed by atoms with E-state index in [1.165, 1.54) is 19.2 Å². The molecule has 0 aliphatic carbocycles. The second kappa shape index (κ2) is 8.43. The van der Waals surface area contributed by atoms with Crippen molar-refractivity contribution in [3.8, 4) is 5.75 Å². The smallest absolute Gasteiger partial charge is 0.465 e. The molecule has 0 radical (unpaired) electrons. The van der Waals surface area contributed by atoms with Crippen LogP contribution >= 0.6 is 12.4 Å². The van der Waals surface area contributed by atoms with Crippen LogP contribution in [-0.4, -0.2) is 35.0 Å². The van der Waals surface area contributed by atoms with E-state index >= 15 is 0 Å². The first-order valence-corrected chi connectivity index (χ1v) is 6.98. The fourth-order valence-corrected chi connectivity index (χ4v) is 1.89. The summed E-state index contributed by atoms with van der Waals surface area (Å²) in [7, 11) is 1.27. The third-order valence-corrected chi connectivity index (χ3v) is 3.15. The average molecular weight is 371 g/mol. The van der Waals surface area contributed by atoms with Crippen molar-refractivity contribution in [2.24, 2.45) is 5.73 Å². The maximum atomic E-state index is 12.6. The molecule has 0 saturated carbocycles. The summed E-state index contributed by atoms with van der Waals surface area (Å²) in [4.78, 5) is 11.7. The van der Waals surface area contributed by atoms with Crippen molar-refractivity contribution in [1.29, 1.82) is 0 Å². The second-order valence-electron chi connectivity index (χ2n) is 6.12. The summed E-state index contributed by atoms with van der Waals surface area (Å²) in [6.07, 6.45) is -5.00. The van der Waals surface area contributed by atoms with Gasteiger partial charge in [-0.3, -0.25) is 0 Å². The number of nitrogens with zero attached hydrogens (tertiary/aromatic N) is 1. The topological polar surface area (TPSA) is 75.8 Å². The van der Waals surface area contributed by atoms with Crippen molar-refractivity contribution < 1.29 is 27.8 Å². The quantitative estimate of drug-likeness (QED) is 0.798. The van der Waals surface area contributed by atoms with Crippen molar-refractivity contribution in [3.63, 3.8) is 0 Å². The zero-order chi connectivity index (χ0) is 17.8. The molecule has 3 N–H and O–H groups in total. The average Bonchev–Trinajstić information content (AvgIpc) is 2.36. The molecule has 138 valence electrons. The zero-order valence-electron chi connectivity index (χ0n) is 13.7. The highest BCUT2D eigenvalue weighted by Gasteiger charge is 2.32. The van der Waals surface area contributed by atoms with Crippen molar-refractivity contribution in [1.82, 2.24) is 4.90 Å². The van der Waals surface area contributed by atoms with Crippen molar-refractivity contribution in [2.75, 3.05) is 7.05 Å². The van der Waals surface area contributed by atoms with E-state index in [4.69, 9.17) is 10.8 Å². The van der Waals surface area contributed by atoms with Gasteiger partial charge in [-0.25, -0.2) is 4.79 Å². The van der Waals surface area contributed by atoms with Gasteiger partial charge in [0.2, 0.25) is 0 Å². The van der Waals surface area contributed by atoms with Gasteiger partial charge in [0.05, 0.1) is 6.54 Å². The third-order valence-electron chi connectivity index (χ3n) is 3.15. The lowest BCUT2D eigenvalue weighted by Gasteiger charge is -2.20. The van der Waals surface area contributed by atoms with Gasteiger partial charge in [-0.2, -0.15) is 0 Å². The van der Waals surface area contributed by atoms with Crippen LogP contribution < -0.4 is 10.5 Å². The fraction of sp³-hybridized carbons (Fsp3) is 0.533. The molecule has 1 aromatic carbocycles. The highest BCUT2D eigenvalue weighted by molar-refractivity contribution is 5.85. The number of rotatable bonds is 6. The summed E-state index contributed by atoms with van der Waals surface area (Å²) in [5, 5.41) is 8.84. The van der Waals surface area contributed by atoms with Gasteiger partial charge < -0.3 is 20.5 Å². The second-order valence-corrected chi connectivity index (χ2v) is 6.12. The van der Waals surface area contributed by atoms with Gasteiger partial charge in [-0.05, 0) is 38.3 Å². The molecule has 5 nitrogen and oxygen atoms in total. The summed E-state index contributed by atoms with van der Waals surface area (Å²) >= 11 is 0. The van der Waals surface area contributed by atoms with Gasteiger partial charge in [-0.15, -0.1) is 25.6 Å². The molecule has 0 bridgehead atoms. The fourth-order valence-electron chi connectivity index (χ4n) is 1.89. The maximum Gasteiger partial charge on any atom is 0.573 e. The zero-order valence-corrected chi connectivity index (χ0v) is 14.5. The predicted octanol–water partition coefficient (Wildman–Crippen LogP) is 3.79. The van der Waals surface area contributed by atoms with E-state index in [9.17, 15) is 18.0 Å². The first kappa shape index (κ1) is 22.3. The number of amides is 1. The molecule has 0 saturated heterocycles. The molecule has 0 heterocycles. The molecule has 0 fully saturated rings. The minimum absolute atomic E-state index is 0. The lowest BCUT2D eigenvalue weighted by molar-refractivity contribution is -0.275. The molecule has 0 spiro atoms. The Morgan fingerprint density at radius 1 is 1.33 bits per heavy atom. The highest BCUT2D eigenvalue weighted by Crippen LogP contribution is 2.29. The molecule has 0 aliphatic rings. The van der Waals surface area contributed by atoms with Crippen LogP contribution in [0.4, 0.5) is 18.0 Å². The van der Waals surface area contributed by atoms with Gasteiger partial charge in [0.1, 0.15) is 5.75 Å². The summed E-state index contributed by atoms with van der Waals surface area (Å²) < 4.78 is 41.7. The SMILES string of the molecule is CN(Cc1ccc(CCC(C)(C)N)cc1OC(F)(F)F)C(=O)O.Cl. The molecule has 0 unspecified atom stereocenters. The molecule has 0 aromatic heterocycles. The Morgan fingerprint density at radius 2 is 1.92 bits per heavy atom. The van der Waals surface area contributed by atoms with Crippen LogP contribution in [0.15, 0.2) is 18.2 Å².